The average Bonchev–Trinajstić information content (AvgIpc) is 2.60. The van der Waals surface area contributed by atoms with Gasteiger partial charge in [-0.15, -0.1) is 0 Å². The van der Waals surface area contributed by atoms with Gasteiger partial charge >= 0.3 is 5.97 Å². The lowest BCUT2D eigenvalue weighted by molar-refractivity contribution is -0.144. The summed E-state index contributed by atoms with van der Waals surface area (Å²) in [7, 11) is 1.29. The predicted octanol–water partition coefficient (Wildman–Crippen LogP) is 3.77. The molecule has 124 valence electrons. The van der Waals surface area contributed by atoms with E-state index < -0.39 is 17.9 Å². The van der Waals surface area contributed by atoms with E-state index in [1.54, 1.807) is 37.3 Å². The topological polar surface area (TPSA) is 55.4 Å². The summed E-state index contributed by atoms with van der Waals surface area (Å²) >= 11 is 6.13. The number of esters is 1. The molecule has 1 N–H and O–H groups in total. The van der Waals surface area contributed by atoms with Crippen LogP contribution in [-0.2, 0) is 14.3 Å². The summed E-state index contributed by atoms with van der Waals surface area (Å²) in [4.78, 5) is 24.3. The summed E-state index contributed by atoms with van der Waals surface area (Å²) in [6.45, 7) is 1.79. The molecule has 1 amide bonds. The van der Waals surface area contributed by atoms with E-state index in [1.165, 1.54) is 13.2 Å². The second kappa shape index (κ2) is 8.31. The first-order valence-electron chi connectivity index (χ1n) is 7.39. The molecule has 0 heterocycles. The number of hydrogen-bond donors (Lipinski definition) is 1. The van der Waals surface area contributed by atoms with Gasteiger partial charge in [-0.3, -0.25) is 4.79 Å². The number of hydrogen-bond acceptors (Lipinski definition) is 3. The number of ether oxygens (including phenoxy) is 1. The summed E-state index contributed by atoms with van der Waals surface area (Å²) < 4.78 is 4.78. The molecule has 0 fully saturated rings. The summed E-state index contributed by atoms with van der Waals surface area (Å²) in [5.74, 6) is -0.926. The zero-order chi connectivity index (χ0) is 17.5. The van der Waals surface area contributed by atoms with Gasteiger partial charge in [-0.25, -0.2) is 4.79 Å². The van der Waals surface area contributed by atoms with Crippen LogP contribution in [0, 0.1) is 0 Å². The minimum absolute atomic E-state index is 0.397. The van der Waals surface area contributed by atoms with E-state index in [0.717, 1.165) is 5.56 Å². The lowest BCUT2D eigenvalue weighted by atomic mass is 10.1. The van der Waals surface area contributed by atoms with E-state index in [2.05, 4.69) is 5.32 Å². The maximum atomic E-state index is 12.3. The highest BCUT2D eigenvalue weighted by molar-refractivity contribution is 6.32. The predicted molar refractivity (Wildman–Crippen MR) is 94.4 cm³/mol. The minimum atomic E-state index is -0.862. The van der Waals surface area contributed by atoms with E-state index in [4.69, 9.17) is 16.3 Å². The number of allylic oxidation sites excluding steroid dienone is 1. The summed E-state index contributed by atoms with van der Waals surface area (Å²) in [6, 6.07) is 15.3. The Morgan fingerprint density at radius 3 is 2.33 bits per heavy atom. The first-order valence-corrected chi connectivity index (χ1v) is 7.77. The van der Waals surface area contributed by atoms with Gasteiger partial charge in [0.1, 0.15) is 0 Å². The van der Waals surface area contributed by atoms with Crippen molar-refractivity contribution >= 4 is 29.1 Å². The third-order valence-electron chi connectivity index (χ3n) is 3.50. The van der Waals surface area contributed by atoms with Crippen molar-refractivity contribution in [3.63, 3.8) is 0 Å². The molecule has 1 unspecified atom stereocenters. The Balaban J connectivity index is 2.21. The van der Waals surface area contributed by atoms with Crippen LogP contribution in [0.2, 0.25) is 5.02 Å². The van der Waals surface area contributed by atoms with Gasteiger partial charge in [0, 0.05) is 11.1 Å². The minimum Gasteiger partial charge on any atom is -0.467 e. The van der Waals surface area contributed by atoms with Crippen LogP contribution in [0.25, 0.3) is 5.57 Å². The number of halogens is 1. The number of benzene rings is 2. The Kier molecular flexibility index (Phi) is 6.15. The Morgan fingerprint density at radius 2 is 1.71 bits per heavy atom. The number of nitrogens with one attached hydrogen (secondary N) is 1. The third kappa shape index (κ3) is 4.46. The zero-order valence-corrected chi connectivity index (χ0v) is 14.2. The van der Waals surface area contributed by atoms with Crippen molar-refractivity contribution in [1.82, 2.24) is 5.32 Å². The van der Waals surface area contributed by atoms with Crippen molar-refractivity contribution in [3.05, 3.63) is 76.8 Å². The Hall–Kier alpha value is -2.59. The molecule has 0 aromatic heterocycles. The summed E-state index contributed by atoms with van der Waals surface area (Å²) in [6.07, 6.45) is 1.42. The molecule has 0 aliphatic carbocycles. The molecular formula is C19H18ClNO3. The summed E-state index contributed by atoms with van der Waals surface area (Å²) in [5, 5.41) is 3.23. The maximum absolute atomic E-state index is 12.3. The molecule has 0 bridgehead atoms. The summed E-state index contributed by atoms with van der Waals surface area (Å²) in [5.41, 5.74) is 2.12. The fourth-order valence-corrected chi connectivity index (χ4v) is 2.57. The number of carbonyl (C=O) groups excluding carboxylic acids is 2. The number of rotatable bonds is 5. The van der Waals surface area contributed by atoms with Gasteiger partial charge in [0.15, 0.2) is 6.04 Å². The van der Waals surface area contributed by atoms with Crippen molar-refractivity contribution in [1.29, 1.82) is 0 Å². The van der Waals surface area contributed by atoms with Crippen molar-refractivity contribution < 1.29 is 14.3 Å². The molecule has 0 aliphatic heterocycles. The SMILES string of the molecule is COC(=O)C(NC(=O)C=C(C)c1ccccc1Cl)c1ccccc1. The molecule has 0 spiro atoms. The van der Waals surface area contributed by atoms with Crippen LogP contribution in [0.1, 0.15) is 24.1 Å². The molecule has 0 radical (unpaired) electrons. The molecule has 1 atom stereocenters. The fourth-order valence-electron chi connectivity index (χ4n) is 2.28. The van der Waals surface area contributed by atoms with E-state index >= 15 is 0 Å². The second-order valence-electron chi connectivity index (χ2n) is 5.18. The quantitative estimate of drug-likeness (QED) is 0.664. The molecule has 0 aliphatic rings. The lowest BCUT2D eigenvalue weighted by Crippen LogP contribution is -2.33. The molecular weight excluding hydrogens is 326 g/mol. The standard InChI is InChI=1S/C19H18ClNO3/c1-13(15-10-6-7-11-16(15)20)12-17(22)21-18(19(23)24-2)14-8-4-3-5-9-14/h3-12,18H,1-2H3,(H,21,22). The van der Waals surface area contributed by atoms with Crippen LogP contribution in [0.4, 0.5) is 0 Å². The molecule has 4 nitrogen and oxygen atoms in total. The first kappa shape index (κ1) is 17.8. The van der Waals surface area contributed by atoms with Crippen LogP contribution >= 0.6 is 11.6 Å². The number of carbonyl (C=O) groups is 2. The third-order valence-corrected chi connectivity index (χ3v) is 3.83. The molecule has 24 heavy (non-hydrogen) atoms. The molecule has 5 heteroatoms. The average molecular weight is 344 g/mol. The number of methoxy groups -OCH3 is 1. The Labute approximate surface area is 146 Å². The number of amides is 1. The van der Waals surface area contributed by atoms with Crippen molar-refractivity contribution in [2.24, 2.45) is 0 Å². The lowest BCUT2D eigenvalue weighted by Gasteiger charge is -2.16. The Bertz CT molecular complexity index is 756. The molecule has 2 aromatic rings. The largest absolute Gasteiger partial charge is 0.467 e. The van der Waals surface area contributed by atoms with E-state index in [1.807, 2.05) is 24.3 Å². The molecule has 2 aromatic carbocycles. The van der Waals surface area contributed by atoms with Gasteiger partial charge in [-0.1, -0.05) is 60.1 Å². The van der Waals surface area contributed by atoms with Gasteiger partial charge in [-0.2, -0.15) is 0 Å². The van der Waals surface area contributed by atoms with Gasteiger partial charge < -0.3 is 10.1 Å². The highest BCUT2D eigenvalue weighted by Gasteiger charge is 2.22. The fraction of sp³-hybridized carbons (Fsp3) is 0.158. The van der Waals surface area contributed by atoms with Crippen molar-refractivity contribution in [2.75, 3.05) is 7.11 Å². The molecule has 2 rings (SSSR count). The highest BCUT2D eigenvalue weighted by atomic mass is 35.5. The van der Waals surface area contributed by atoms with Crippen molar-refractivity contribution in [2.45, 2.75) is 13.0 Å². The molecule has 0 saturated carbocycles. The monoisotopic (exact) mass is 343 g/mol. The Morgan fingerprint density at radius 1 is 1.08 bits per heavy atom. The van der Waals surface area contributed by atoms with E-state index in [9.17, 15) is 9.59 Å². The molecule has 0 saturated heterocycles. The van der Waals surface area contributed by atoms with Crippen LogP contribution in [0.15, 0.2) is 60.7 Å². The first-order chi connectivity index (χ1) is 11.5. The normalized spacial score (nSPS) is 12.4. The van der Waals surface area contributed by atoms with Crippen LogP contribution < -0.4 is 5.32 Å². The van der Waals surface area contributed by atoms with Crippen LogP contribution in [0.5, 0.6) is 0 Å². The van der Waals surface area contributed by atoms with Crippen molar-refractivity contribution in [3.8, 4) is 0 Å². The smallest absolute Gasteiger partial charge is 0.333 e. The van der Waals surface area contributed by atoms with E-state index in [0.29, 0.717) is 16.2 Å². The second-order valence-corrected chi connectivity index (χ2v) is 5.59. The maximum Gasteiger partial charge on any atom is 0.333 e. The van der Waals surface area contributed by atoms with Crippen LogP contribution in [-0.4, -0.2) is 19.0 Å². The van der Waals surface area contributed by atoms with Gasteiger partial charge in [0.2, 0.25) is 5.91 Å². The van der Waals surface area contributed by atoms with Crippen LogP contribution in [0.3, 0.4) is 0 Å². The zero-order valence-electron chi connectivity index (χ0n) is 13.5. The van der Waals surface area contributed by atoms with Gasteiger partial charge in [0.25, 0.3) is 0 Å². The van der Waals surface area contributed by atoms with Gasteiger partial charge in [-0.05, 0) is 29.7 Å². The highest BCUT2D eigenvalue weighted by Crippen LogP contribution is 2.23. The van der Waals surface area contributed by atoms with Gasteiger partial charge in [0.05, 0.1) is 7.11 Å². The van der Waals surface area contributed by atoms with E-state index in [-0.39, 0.29) is 0 Å².